The highest BCUT2D eigenvalue weighted by molar-refractivity contribution is 5.87. The first-order valence-corrected chi connectivity index (χ1v) is 22.8. The van der Waals surface area contributed by atoms with E-state index in [4.69, 9.17) is 9.47 Å². The second-order valence-electron chi connectivity index (χ2n) is 16.4. The second kappa shape index (κ2) is 35.5. The fourth-order valence-electron chi connectivity index (χ4n) is 7.35. The number of aliphatic hydroxyl groups is 1. The Hall–Kier alpha value is -3.30. The third-order valence-electron chi connectivity index (χ3n) is 10.7. The Kier molecular flexibility index (Phi) is 32.3. The van der Waals surface area contributed by atoms with Gasteiger partial charge in [0.15, 0.2) is 0 Å². The Bertz CT molecular complexity index is 1180. The summed E-state index contributed by atoms with van der Waals surface area (Å²) in [6.45, 7) is 9.26. The first kappa shape index (κ1) is 53.7. The molecule has 15 heteroatoms. The standard InChI is InChI=1S/C44H82N6O9/c1-34(52)45-27-16-12-25-41(49-36(3)54)43(56)47-29-14-7-8-18-31-58-39-21-9-5-6-10-22-40(24-19-23-39)59-33-38(32-51)20-11-15-30-48-44(57)42(50-37(4)55)26-13-17-28-46-35(2)53/h38-42,51H,5-33H2,1-4H3,(H,45,52)(H,46,53)(H,47,56)(H,48,57)(H,49,54)(H,50,55)/t38-,39?,40?,41+,42+/m1/s1. The molecule has 0 saturated heterocycles. The predicted octanol–water partition coefficient (Wildman–Crippen LogP) is 4.48. The van der Waals surface area contributed by atoms with Crippen LogP contribution in [0.2, 0.25) is 0 Å². The van der Waals surface area contributed by atoms with E-state index in [-0.39, 0.29) is 60.2 Å². The Labute approximate surface area is 355 Å². The lowest BCUT2D eigenvalue weighted by Crippen LogP contribution is -2.46. The van der Waals surface area contributed by atoms with Crippen LogP contribution in [-0.2, 0) is 38.2 Å². The highest BCUT2D eigenvalue weighted by Crippen LogP contribution is 2.22. The number of nitrogens with one attached hydrogen (secondary N) is 6. The summed E-state index contributed by atoms with van der Waals surface area (Å²) in [5.41, 5.74) is 0. The van der Waals surface area contributed by atoms with Crippen molar-refractivity contribution < 1.29 is 43.3 Å². The Morgan fingerprint density at radius 3 is 1.39 bits per heavy atom. The molecule has 1 aliphatic rings. The van der Waals surface area contributed by atoms with Gasteiger partial charge in [0, 0.05) is 73.0 Å². The lowest BCUT2D eigenvalue weighted by Gasteiger charge is -2.22. The molecule has 6 amide bonds. The van der Waals surface area contributed by atoms with Crippen molar-refractivity contribution in [1.29, 1.82) is 0 Å². The van der Waals surface area contributed by atoms with E-state index in [2.05, 4.69) is 31.9 Å². The third kappa shape index (κ3) is 31.3. The lowest BCUT2D eigenvalue weighted by atomic mass is 10.0. The largest absolute Gasteiger partial charge is 0.396 e. The molecule has 7 N–H and O–H groups in total. The van der Waals surface area contributed by atoms with Crippen molar-refractivity contribution in [3.63, 3.8) is 0 Å². The monoisotopic (exact) mass is 839 g/mol. The molecule has 342 valence electrons. The van der Waals surface area contributed by atoms with Crippen LogP contribution in [-0.4, -0.2) is 111 Å². The second-order valence-corrected chi connectivity index (χ2v) is 16.4. The summed E-state index contributed by atoms with van der Waals surface area (Å²) >= 11 is 0. The molecule has 1 aliphatic carbocycles. The fraction of sp³-hybridized carbons (Fsp3) is 0.864. The van der Waals surface area contributed by atoms with E-state index < -0.39 is 12.1 Å². The van der Waals surface area contributed by atoms with Gasteiger partial charge in [-0.05, 0) is 96.3 Å². The zero-order valence-corrected chi connectivity index (χ0v) is 37.1. The van der Waals surface area contributed by atoms with Crippen LogP contribution in [0, 0.1) is 5.92 Å². The Balaban J connectivity index is 2.31. The molecule has 0 heterocycles. The summed E-state index contributed by atoms with van der Waals surface area (Å²) in [5.74, 6) is -0.957. The van der Waals surface area contributed by atoms with Gasteiger partial charge in [-0.15, -0.1) is 0 Å². The van der Waals surface area contributed by atoms with Gasteiger partial charge in [-0.2, -0.15) is 0 Å². The van der Waals surface area contributed by atoms with Crippen LogP contribution >= 0.6 is 0 Å². The van der Waals surface area contributed by atoms with Crippen molar-refractivity contribution in [2.75, 3.05) is 46.0 Å². The number of carbonyl (C=O) groups excluding carboxylic acids is 6. The molecule has 59 heavy (non-hydrogen) atoms. The average molecular weight is 839 g/mol. The van der Waals surface area contributed by atoms with Gasteiger partial charge >= 0.3 is 0 Å². The number of amides is 6. The topological polar surface area (TPSA) is 213 Å². The van der Waals surface area contributed by atoms with Crippen molar-refractivity contribution in [3.8, 4) is 0 Å². The maximum Gasteiger partial charge on any atom is 0.242 e. The van der Waals surface area contributed by atoms with Crippen molar-refractivity contribution in [2.45, 2.75) is 193 Å². The fourth-order valence-corrected chi connectivity index (χ4v) is 7.35. The van der Waals surface area contributed by atoms with Crippen molar-refractivity contribution in [3.05, 3.63) is 0 Å². The van der Waals surface area contributed by atoms with E-state index in [0.717, 1.165) is 109 Å². The normalized spacial score (nSPS) is 17.6. The molecular weight excluding hydrogens is 757 g/mol. The molecule has 1 fully saturated rings. The molecule has 0 aromatic rings. The van der Waals surface area contributed by atoms with Crippen molar-refractivity contribution >= 4 is 35.4 Å². The van der Waals surface area contributed by atoms with Gasteiger partial charge in [0.1, 0.15) is 12.1 Å². The summed E-state index contributed by atoms with van der Waals surface area (Å²) < 4.78 is 12.8. The molecule has 15 nitrogen and oxygen atoms in total. The van der Waals surface area contributed by atoms with Crippen molar-refractivity contribution in [1.82, 2.24) is 31.9 Å². The molecule has 5 atom stereocenters. The molecule has 1 rings (SSSR count). The van der Waals surface area contributed by atoms with Crippen LogP contribution in [0.3, 0.4) is 0 Å². The van der Waals surface area contributed by atoms with E-state index in [1.54, 1.807) is 0 Å². The molecule has 0 aromatic heterocycles. The zero-order chi connectivity index (χ0) is 43.5. The maximum atomic E-state index is 12.7. The Morgan fingerprint density at radius 1 is 0.492 bits per heavy atom. The molecule has 0 bridgehead atoms. The summed E-state index contributed by atoms with van der Waals surface area (Å²) in [6, 6.07) is -1.16. The van der Waals surface area contributed by atoms with E-state index in [9.17, 15) is 33.9 Å². The van der Waals surface area contributed by atoms with E-state index >= 15 is 0 Å². The van der Waals surface area contributed by atoms with Gasteiger partial charge in [-0.3, -0.25) is 28.8 Å². The highest BCUT2D eigenvalue weighted by Gasteiger charge is 2.21. The molecular formula is C44H82N6O9. The van der Waals surface area contributed by atoms with Crippen LogP contribution < -0.4 is 31.9 Å². The predicted molar refractivity (Wildman–Crippen MR) is 230 cm³/mol. The Morgan fingerprint density at radius 2 is 0.915 bits per heavy atom. The summed E-state index contributed by atoms with van der Waals surface area (Å²) in [5, 5.41) is 27.0. The van der Waals surface area contributed by atoms with Gasteiger partial charge < -0.3 is 46.5 Å². The van der Waals surface area contributed by atoms with Crippen LogP contribution in [0.4, 0.5) is 0 Å². The number of rotatable bonds is 31. The smallest absolute Gasteiger partial charge is 0.242 e. The van der Waals surface area contributed by atoms with Gasteiger partial charge in [0.25, 0.3) is 0 Å². The highest BCUT2D eigenvalue weighted by atomic mass is 16.5. The minimum Gasteiger partial charge on any atom is -0.396 e. The van der Waals surface area contributed by atoms with Crippen LogP contribution in [0.5, 0.6) is 0 Å². The van der Waals surface area contributed by atoms with E-state index in [0.29, 0.717) is 52.0 Å². The average Bonchev–Trinajstić information content (AvgIpc) is 3.23. The number of unbranched alkanes of at least 4 members (excludes halogenated alkanes) is 6. The molecule has 0 spiro atoms. The minimum absolute atomic E-state index is 0.0468. The molecule has 2 unspecified atom stereocenters. The molecule has 0 aliphatic heterocycles. The first-order valence-electron chi connectivity index (χ1n) is 22.8. The SMILES string of the molecule is CC(=O)NCCCC[C@H](NC(C)=O)C(=O)NCCCCCCOC1CCCCCCC(OC[C@@H](CO)CCCCNC(=O)[C@H](CCCCNC(C)=O)NC(C)=O)CCC1. The van der Waals surface area contributed by atoms with E-state index in [1.807, 2.05) is 0 Å². The maximum absolute atomic E-state index is 12.7. The van der Waals surface area contributed by atoms with Gasteiger partial charge in [0.2, 0.25) is 35.4 Å². The summed E-state index contributed by atoms with van der Waals surface area (Å²) in [4.78, 5) is 70.8. The lowest BCUT2D eigenvalue weighted by molar-refractivity contribution is -0.128. The number of hydrogen-bond acceptors (Lipinski definition) is 9. The quantitative estimate of drug-likeness (QED) is 0.0490. The number of carbonyl (C=O) groups is 6. The summed E-state index contributed by atoms with van der Waals surface area (Å²) in [7, 11) is 0. The van der Waals surface area contributed by atoms with Crippen LogP contribution in [0.1, 0.15) is 169 Å². The van der Waals surface area contributed by atoms with Crippen LogP contribution in [0.25, 0.3) is 0 Å². The van der Waals surface area contributed by atoms with Gasteiger partial charge in [-0.25, -0.2) is 0 Å². The zero-order valence-electron chi connectivity index (χ0n) is 37.1. The first-order chi connectivity index (χ1) is 28.4. The van der Waals surface area contributed by atoms with Gasteiger partial charge in [0.05, 0.1) is 18.8 Å². The molecule has 0 radical (unpaired) electrons. The van der Waals surface area contributed by atoms with Gasteiger partial charge in [-0.1, -0.05) is 44.9 Å². The summed E-state index contributed by atoms with van der Waals surface area (Å²) in [6.07, 6.45) is 20.5. The van der Waals surface area contributed by atoms with Crippen LogP contribution in [0.15, 0.2) is 0 Å². The number of hydrogen-bond donors (Lipinski definition) is 7. The van der Waals surface area contributed by atoms with Crippen molar-refractivity contribution in [2.24, 2.45) is 5.92 Å². The number of aliphatic hydroxyl groups excluding tert-OH is 1. The number of ether oxygens (including phenoxy) is 2. The molecule has 0 aromatic carbocycles. The molecule has 1 saturated carbocycles. The van der Waals surface area contributed by atoms with E-state index in [1.165, 1.54) is 47.0 Å². The third-order valence-corrected chi connectivity index (χ3v) is 10.7. The minimum atomic E-state index is -0.597.